The zero-order chi connectivity index (χ0) is 24.4. The number of methoxy groups -OCH3 is 6. The number of benzene rings is 3. The van der Waals surface area contributed by atoms with E-state index in [9.17, 15) is 5.11 Å². The van der Waals surface area contributed by atoms with Crippen LogP contribution in [0.25, 0.3) is 0 Å². The molecule has 1 aliphatic rings. The number of aliphatic hydroxyl groups excluding tert-OH is 1. The Balaban J connectivity index is 2.01. The van der Waals surface area contributed by atoms with Crippen molar-refractivity contribution in [1.29, 1.82) is 0 Å². The summed E-state index contributed by atoms with van der Waals surface area (Å²) >= 11 is 0. The normalized spacial score (nSPS) is 18.7. The molecule has 7 nitrogen and oxygen atoms in total. The van der Waals surface area contributed by atoms with Crippen molar-refractivity contribution >= 4 is 0 Å². The van der Waals surface area contributed by atoms with Gasteiger partial charge in [0.05, 0.1) is 48.8 Å². The van der Waals surface area contributed by atoms with Gasteiger partial charge in [0, 0.05) is 41.2 Å². The first-order valence-corrected chi connectivity index (χ1v) is 10.9. The second kappa shape index (κ2) is 9.73. The minimum atomic E-state index is -0.840. The Hall–Kier alpha value is -3.58. The maximum atomic E-state index is 11.7. The molecule has 0 unspecified atom stereocenters. The standard InChI is InChI=1S/C27H30O7/c1-29-16-7-8-20(22(13-16)33-5)26-24(15-9-17(30-2)11-18(10-15)31-3)27(28)21-12-19(32-4)14-23(34-6)25(21)26/h7-14,24,26-28H,1-6H3/t24-,26-,27-/m1/s1. The summed E-state index contributed by atoms with van der Waals surface area (Å²) in [6.45, 7) is 0. The van der Waals surface area contributed by atoms with Gasteiger partial charge in [0.15, 0.2) is 0 Å². The summed E-state index contributed by atoms with van der Waals surface area (Å²) in [6.07, 6.45) is -0.840. The number of aliphatic hydroxyl groups is 1. The molecule has 0 saturated heterocycles. The summed E-state index contributed by atoms with van der Waals surface area (Å²) in [5.41, 5.74) is 3.39. The summed E-state index contributed by atoms with van der Waals surface area (Å²) in [6, 6.07) is 15.1. The quantitative estimate of drug-likeness (QED) is 0.516. The van der Waals surface area contributed by atoms with E-state index in [4.69, 9.17) is 28.4 Å². The average molecular weight is 467 g/mol. The van der Waals surface area contributed by atoms with Crippen LogP contribution in [0.3, 0.4) is 0 Å². The molecule has 4 rings (SSSR count). The molecule has 3 aromatic carbocycles. The lowest BCUT2D eigenvalue weighted by atomic mass is 9.80. The second-order valence-corrected chi connectivity index (χ2v) is 8.03. The van der Waals surface area contributed by atoms with Crippen molar-refractivity contribution in [2.75, 3.05) is 42.7 Å². The van der Waals surface area contributed by atoms with Crippen LogP contribution in [-0.2, 0) is 0 Å². The summed E-state index contributed by atoms with van der Waals surface area (Å²) < 4.78 is 33.5. The molecular weight excluding hydrogens is 436 g/mol. The van der Waals surface area contributed by atoms with Gasteiger partial charge < -0.3 is 33.5 Å². The third kappa shape index (κ3) is 3.96. The molecule has 0 aliphatic heterocycles. The van der Waals surface area contributed by atoms with E-state index in [1.165, 1.54) is 0 Å². The Morgan fingerprint density at radius 3 is 1.68 bits per heavy atom. The molecule has 0 saturated carbocycles. The zero-order valence-corrected chi connectivity index (χ0v) is 20.2. The molecule has 3 aromatic rings. The molecule has 0 aromatic heterocycles. The van der Waals surface area contributed by atoms with Crippen LogP contribution < -0.4 is 28.4 Å². The minimum Gasteiger partial charge on any atom is -0.497 e. The van der Waals surface area contributed by atoms with Crippen LogP contribution in [-0.4, -0.2) is 47.8 Å². The monoisotopic (exact) mass is 466 g/mol. The number of rotatable bonds is 8. The first-order valence-electron chi connectivity index (χ1n) is 10.9. The van der Waals surface area contributed by atoms with Crippen LogP contribution in [0.5, 0.6) is 34.5 Å². The first kappa shape index (κ1) is 23.6. The minimum absolute atomic E-state index is 0.288. The number of fused-ring (bicyclic) bond motifs is 1. The molecule has 3 atom stereocenters. The smallest absolute Gasteiger partial charge is 0.126 e. The highest BCUT2D eigenvalue weighted by Crippen LogP contribution is 2.59. The van der Waals surface area contributed by atoms with Gasteiger partial charge in [-0.2, -0.15) is 0 Å². The molecule has 34 heavy (non-hydrogen) atoms. The molecule has 0 amide bonds. The lowest BCUT2D eigenvalue weighted by Crippen LogP contribution is -2.13. The van der Waals surface area contributed by atoms with E-state index in [1.54, 1.807) is 42.7 Å². The van der Waals surface area contributed by atoms with Gasteiger partial charge in [0.2, 0.25) is 0 Å². The predicted octanol–water partition coefficient (Wildman–Crippen LogP) is 4.70. The van der Waals surface area contributed by atoms with Crippen molar-refractivity contribution in [3.63, 3.8) is 0 Å². The van der Waals surface area contributed by atoms with Gasteiger partial charge in [-0.25, -0.2) is 0 Å². The molecule has 0 spiro atoms. The van der Waals surface area contributed by atoms with E-state index in [0.717, 1.165) is 22.3 Å². The average Bonchev–Trinajstić information content (AvgIpc) is 3.19. The maximum absolute atomic E-state index is 11.7. The third-order valence-electron chi connectivity index (χ3n) is 6.47. The molecule has 7 heteroatoms. The van der Waals surface area contributed by atoms with Crippen LogP contribution >= 0.6 is 0 Å². The summed E-state index contributed by atoms with van der Waals surface area (Å²) in [4.78, 5) is 0. The lowest BCUT2D eigenvalue weighted by molar-refractivity contribution is 0.152. The molecule has 0 bridgehead atoms. The molecule has 1 N–H and O–H groups in total. The summed E-state index contributed by atoms with van der Waals surface area (Å²) in [5.74, 6) is 3.20. The molecule has 0 fully saturated rings. The molecular formula is C27H30O7. The zero-order valence-electron chi connectivity index (χ0n) is 20.2. The number of hydrogen-bond donors (Lipinski definition) is 1. The van der Waals surface area contributed by atoms with Crippen LogP contribution in [0.4, 0.5) is 0 Å². The van der Waals surface area contributed by atoms with Gasteiger partial charge in [0.1, 0.15) is 34.5 Å². The Labute approximate surface area is 199 Å². The van der Waals surface area contributed by atoms with Gasteiger partial charge >= 0.3 is 0 Å². The van der Waals surface area contributed by atoms with Crippen LogP contribution in [0.15, 0.2) is 48.5 Å². The molecule has 180 valence electrons. The van der Waals surface area contributed by atoms with Crippen molar-refractivity contribution < 1.29 is 33.5 Å². The highest BCUT2D eigenvalue weighted by atomic mass is 16.5. The molecule has 0 radical (unpaired) electrons. The van der Waals surface area contributed by atoms with E-state index < -0.39 is 6.10 Å². The van der Waals surface area contributed by atoms with Crippen LogP contribution in [0, 0.1) is 0 Å². The van der Waals surface area contributed by atoms with Crippen molar-refractivity contribution in [1.82, 2.24) is 0 Å². The summed E-state index contributed by atoms with van der Waals surface area (Å²) in [7, 11) is 9.66. The van der Waals surface area contributed by atoms with E-state index in [0.29, 0.717) is 34.5 Å². The predicted molar refractivity (Wildman–Crippen MR) is 128 cm³/mol. The third-order valence-corrected chi connectivity index (χ3v) is 6.47. The second-order valence-electron chi connectivity index (χ2n) is 8.03. The largest absolute Gasteiger partial charge is 0.497 e. The van der Waals surface area contributed by atoms with Gasteiger partial charge in [-0.15, -0.1) is 0 Å². The Bertz CT molecular complexity index is 1150. The SMILES string of the molecule is COc1cc(OC)cc([C@@H]2[C@@H](c3ccc(OC)cc3OC)c3c(OC)cc(OC)cc3[C@H]2O)c1. The van der Waals surface area contributed by atoms with Gasteiger partial charge in [-0.1, -0.05) is 6.07 Å². The van der Waals surface area contributed by atoms with Crippen molar-refractivity contribution in [3.05, 3.63) is 70.8 Å². The Morgan fingerprint density at radius 2 is 1.12 bits per heavy atom. The van der Waals surface area contributed by atoms with Crippen molar-refractivity contribution in [3.8, 4) is 34.5 Å². The fraction of sp³-hybridized carbons (Fsp3) is 0.333. The number of hydrogen-bond acceptors (Lipinski definition) is 7. The Morgan fingerprint density at radius 1 is 0.559 bits per heavy atom. The Kier molecular flexibility index (Phi) is 6.75. The topological polar surface area (TPSA) is 75.6 Å². The molecule has 0 heterocycles. The van der Waals surface area contributed by atoms with Crippen molar-refractivity contribution in [2.45, 2.75) is 17.9 Å². The van der Waals surface area contributed by atoms with E-state index in [1.807, 2.05) is 48.5 Å². The highest BCUT2D eigenvalue weighted by Gasteiger charge is 2.45. The van der Waals surface area contributed by atoms with Gasteiger partial charge in [0.25, 0.3) is 0 Å². The lowest BCUT2D eigenvalue weighted by Gasteiger charge is -2.26. The highest BCUT2D eigenvalue weighted by molar-refractivity contribution is 5.62. The van der Waals surface area contributed by atoms with Crippen LogP contribution in [0.2, 0.25) is 0 Å². The number of ether oxygens (including phenoxy) is 6. The fourth-order valence-electron chi connectivity index (χ4n) is 4.86. The van der Waals surface area contributed by atoms with Gasteiger partial charge in [-0.05, 0) is 35.4 Å². The molecule has 1 aliphatic carbocycles. The van der Waals surface area contributed by atoms with Gasteiger partial charge in [-0.3, -0.25) is 0 Å². The van der Waals surface area contributed by atoms with E-state index >= 15 is 0 Å². The van der Waals surface area contributed by atoms with Crippen LogP contribution in [0.1, 0.15) is 40.2 Å². The summed E-state index contributed by atoms with van der Waals surface area (Å²) in [5, 5.41) is 11.7. The maximum Gasteiger partial charge on any atom is 0.126 e. The van der Waals surface area contributed by atoms with E-state index in [2.05, 4.69) is 0 Å². The first-order chi connectivity index (χ1) is 16.5. The fourth-order valence-corrected chi connectivity index (χ4v) is 4.86. The van der Waals surface area contributed by atoms with Crippen molar-refractivity contribution in [2.24, 2.45) is 0 Å². The van der Waals surface area contributed by atoms with E-state index in [-0.39, 0.29) is 11.8 Å².